The van der Waals surface area contributed by atoms with Crippen LogP contribution in [0.15, 0.2) is 33.7 Å². The lowest BCUT2D eigenvalue weighted by Gasteiger charge is -2.06. The molecular formula is C15H20N4O. The molecule has 5 heteroatoms. The molecule has 0 atom stereocenters. The van der Waals surface area contributed by atoms with Gasteiger partial charge in [0.15, 0.2) is 5.96 Å². The number of guanidine groups is 1. The van der Waals surface area contributed by atoms with E-state index in [1.165, 1.54) is 5.56 Å². The fourth-order valence-electron chi connectivity index (χ4n) is 1.82. The predicted octanol–water partition coefficient (Wildman–Crippen LogP) is 2.78. The van der Waals surface area contributed by atoms with Gasteiger partial charge in [-0.25, -0.2) is 9.98 Å². The number of hydrogen-bond acceptors (Lipinski definition) is 3. The first-order chi connectivity index (χ1) is 9.58. The minimum absolute atomic E-state index is 0.334. The molecule has 0 fully saturated rings. The lowest BCUT2D eigenvalue weighted by Crippen LogP contribution is -2.22. The van der Waals surface area contributed by atoms with Gasteiger partial charge in [-0.3, -0.25) is 0 Å². The first-order valence-electron chi connectivity index (χ1n) is 6.67. The van der Waals surface area contributed by atoms with Crippen LogP contribution in [0.2, 0.25) is 0 Å². The summed E-state index contributed by atoms with van der Waals surface area (Å²) in [5.74, 6) is 1.75. The average Bonchev–Trinajstić information content (AvgIpc) is 2.76. The number of nitrogens with one attached hydrogen (secondary N) is 1. The molecule has 3 N–H and O–H groups in total. The zero-order chi connectivity index (χ0) is 14.5. The molecule has 0 aliphatic rings. The number of hydrogen-bond donors (Lipinski definition) is 2. The lowest BCUT2D eigenvalue weighted by atomic mass is 10.1. The standard InChI is InChI=1S/C15H20N4O/c1-4-12-6-5-7-13(8-12)19-15(16)17-9-14-18-10(2)11(3)20-14/h5-8H,4,9H2,1-3H3,(H3,16,17,19). The van der Waals surface area contributed by atoms with Crippen LogP contribution in [0.25, 0.3) is 0 Å². The molecule has 0 radical (unpaired) electrons. The molecule has 0 bridgehead atoms. The number of nitrogens with two attached hydrogens (primary N) is 1. The van der Waals surface area contributed by atoms with Crippen LogP contribution in [0.1, 0.15) is 29.8 Å². The maximum absolute atomic E-state index is 5.86. The van der Waals surface area contributed by atoms with Gasteiger partial charge in [-0.15, -0.1) is 0 Å². The summed E-state index contributed by atoms with van der Waals surface area (Å²) in [4.78, 5) is 8.49. The molecule has 0 spiro atoms. The van der Waals surface area contributed by atoms with Gasteiger partial charge >= 0.3 is 0 Å². The third-order valence-corrected chi connectivity index (χ3v) is 3.07. The van der Waals surface area contributed by atoms with E-state index in [2.05, 4.69) is 34.3 Å². The summed E-state index contributed by atoms with van der Waals surface area (Å²) in [5.41, 5.74) is 8.93. The van der Waals surface area contributed by atoms with E-state index in [0.29, 0.717) is 18.4 Å². The Hall–Kier alpha value is -2.30. The Labute approximate surface area is 118 Å². The molecule has 0 saturated heterocycles. The average molecular weight is 272 g/mol. The molecule has 1 aromatic heterocycles. The van der Waals surface area contributed by atoms with Gasteiger partial charge in [-0.2, -0.15) is 0 Å². The summed E-state index contributed by atoms with van der Waals surface area (Å²) in [6.07, 6.45) is 0.988. The first kappa shape index (κ1) is 14.1. The largest absolute Gasteiger partial charge is 0.444 e. The van der Waals surface area contributed by atoms with Gasteiger partial charge in [0.2, 0.25) is 5.89 Å². The number of oxazole rings is 1. The summed E-state index contributed by atoms with van der Waals surface area (Å²) in [5, 5.41) is 3.07. The Morgan fingerprint density at radius 1 is 1.40 bits per heavy atom. The number of rotatable bonds is 4. The number of benzene rings is 1. The molecule has 0 aliphatic carbocycles. The van der Waals surface area contributed by atoms with Crippen LogP contribution in [0, 0.1) is 13.8 Å². The van der Waals surface area contributed by atoms with Crippen molar-refractivity contribution in [1.82, 2.24) is 4.98 Å². The van der Waals surface area contributed by atoms with Crippen molar-refractivity contribution in [2.24, 2.45) is 10.7 Å². The molecule has 1 aromatic carbocycles. The Morgan fingerprint density at radius 3 is 2.85 bits per heavy atom. The number of anilines is 1. The monoisotopic (exact) mass is 272 g/mol. The SMILES string of the molecule is CCc1cccc(NC(N)=NCc2nc(C)c(C)o2)c1. The molecule has 0 saturated carbocycles. The number of aromatic nitrogens is 1. The van der Waals surface area contributed by atoms with Crippen molar-refractivity contribution in [3.05, 3.63) is 47.2 Å². The first-order valence-corrected chi connectivity index (χ1v) is 6.67. The lowest BCUT2D eigenvalue weighted by molar-refractivity contribution is 0.473. The van der Waals surface area contributed by atoms with E-state index < -0.39 is 0 Å². The molecule has 0 unspecified atom stereocenters. The summed E-state index contributed by atoms with van der Waals surface area (Å²) in [6.45, 7) is 6.24. The smallest absolute Gasteiger partial charge is 0.216 e. The summed E-state index contributed by atoms with van der Waals surface area (Å²) in [7, 11) is 0. The van der Waals surface area contributed by atoms with Crippen molar-refractivity contribution in [3.8, 4) is 0 Å². The highest BCUT2D eigenvalue weighted by atomic mass is 16.4. The van der Waals surface area contributed by atoms with Gasteiger partial charge in [0, 0.05) is 5.69 Å². The quantitative estimate of drug-likeness (QED) is 0.663. The van der Waals surface area contributed by atoms with Crippen LogP contribution in [0.3, 0.4) is 0 Å². The van der Waals surface area contributed by atoms with Crippen LogP contribution in [-0.2, 0) is 13.0 Å². The number of aryl methyl sites for hydroxylation is 3. The maximum Gasteiger partial charge on any atom is 0.216 e. The van der Waals surface area contributed by atoms with Gasteiger partial charge in [0.05, 0.1) is 5.69 Å². The van der Waals surface area contributed by atoms with Gasteiger partial charge in [0.25, 0.3) is 0 Å². The Balaban J connectivity index is 1.99. The highest BCUT2D eigenvalue weighted by Gasteiger charge is 2.04. The molecule has 2 aromatic rings. The second-order valence-electron chi connectivity index (χ2n) is 4.63. The van der Waals surface area contributed by atoms with E-state index in [1.807, 2.05) is 26.0 Å². The molecule has 5 nitrogen and oxygen atoms in total. The summed E-state index contributed by atoms with van der Waals surface area (Å²) in [6, 6.07) is 8.09. The van der Waals surface area contributed by atoms with Crippen molar-refractivity contribution in [1.29, 1.82) is 0 Å². The number of aliphatic imine (C=N–C) groups is 1. The van der Waals surface area contributed by atoms with Crippen LogP contribution in [-0.4, -0.2) is 10.9 Å². The number of nitrogens with zero attached hydrogens (tertiary/aromatic N) is 2. The van der Waals surface area contributed by atoms with Crippen LogP contribution in [0.5, 0.6) is 0 Å². The zero-order valence-electron chi connectivity index (χ0n) is 12.1. The zero-order valence-corrected chi connectivity index (χ0v) is 12.1. The fourth-order valence-corrected chi connectivity index (χ4v) is 1.82. The molecule has 0 amide bonds. The van der Waals surface area contributed by atoms with E-state index in [4.69, 9.17) is 10.2 Å². The molecule has 106 valence electrons. The maximum atomic E-state index is 5.86. The van der Waals surface area contributed by atoms with Crippen molar-refractivity contribution in [2.75, 3.05) is 5.32 Å². The van der Waals surface area contributed by atoms with Crippen LogP contribution >= 0.6 is 0 Å². The van der Waals surface area contributed by atoms with E-state index >= 15 is 0 Å². The minimum atomic E-state index is 0.334. The van der Waals surface area contributed by atoms with Gasteiger partial charge < -0.3 is 15.5 Å². The fraction of sp³-hybridized carbons (Fsp3) is 0.333. The van der Waals surface area contributed by atoms with Crippen molar-refractivity contribution in [2.45, 2.75) is 33.7 Å². The van der Waals surface area contributed by atoms with Gasteiger partial charge in [-0.05, 0) is 38.0 Å². The molecule has 1 heterocycles. The third-order valence-electron chi connectivity index (χ3n) is 3.07. The highest BCUT2D eigenvalue weighted by Crippen LogP contribution is 2.11. The topological polar surface area (TPSA) is 76.4 Å². The normalized spacial score (nSPS) is 11.7. The van der Waals surface area contributed by atoms with Gasteiger partial charge in [0.1, 0.15) is 12.3 Å². The summed E-state index contributed by atoms with van der Waals surface area (Å²) >= 11 is 0. The van der Waals surface area contributed by atoms with Crippen molar-refractivity contribution < 1.29 is 4.42 Å². The van der Waals surface area contributed by atoms with Crippen LogP contribution in [0.4, 0.5) is 5.69 Å². The predicted molar refractivity (Wildman–Crippen MR) is 80.7 cm³/mol. The molecule has 0 aliphatic heterocycles. The third kappa shape index (κ3) is 3.60. The second-order valence-corrected chi connectivity index (χ2v) is 4.63. The Morgan fingerprint density at radius 2 is 2.20 bits per heavy atom. The highest BCUT2D eigenvalue weighted by molar-refractivity contribution is 5.92. The van der Waals surface area contributed by atoms with E-state index in [-0.39, 0.29) is 0 Å². The van der Waals surface area contributed by atoms with Crippen LogP contribution < -0.4 is 11.1 Å². The molecule has 2 rings (SSSR count). The van der Waals surface area contributed by atoms with E-state index in [0.717, 1.165) is 23.6 Å². The van der Waals surface area contributed by atoms with E-state index in [9.17, 15) is 0 Å². The second kappa shape index (κ2) is 6.23. The van der Waals surface area contributed by atoms with Crippen molar-refractivity contribution >= 4 is 11.6 Å². The molecule has 20 heavy (non-hydrogen) atoms. The Bertz CT molecular complexity index is 597. The minimum Gasteiger partial charge on any atom is -0.444 e. The summed E-state index contributed by atoms with van der Waals surface area (Å²) < 4.78 is 5.45. The molecular weight excluding hydrogens is 252 g/mol. The van der Waals surface area contributed by atoms with E-state index in [1.54, 1.807) is 0 Å². The Kier molecular flexibility index (Phi) is 4.40. The van der Waals surface area contributed by atoms with Crippen molar-refractivity contribution in [3.63, 3.8) is 0 Å². The van der Waals surface area contributed by atoms with Gasteiger partial charge in [-0.1, -0.05) is 19.1 Å².